The molecule has 1 aromatic rings. The van der Waals surface area contributed by atoms with Crippen LogP contribution in [0.5, 0.6) is 0 Å². The summed E-state index contributed by atoms with van der Waals surface area (Å²) in [6, 6.07) is -0.516. The Morgan fingerprint density at radius 1 is 1.44 bits per heavy atom. The van der Waals surface area contributed by atoms with Crippen molar-refractivity contribution in [2.75, 3.05) is 5.73 Å². The highest BCUT2D eigenvalue weighted by molar-refractivity contribution is 5.85. The summed E-state index contributed by atoms with van der Waals surface area (Å²) in [4.78, 5) is 12.0. The molecule has 0 aliphatic carbocycles. The first-order valence-electron chi connectivity index (χ1n) is 5.46. The molecule has 1 atom stereocenters. The fraction of sp³-hybridized carbons (Fsp3) is 0.636. The molecule has 90 valence electrons. The Morgan fingerprint density at radius 2 is 2.00 bits per heavy atom. The van der Waals surface area contributed by atoms with Crippen molar-refractivity contribution in [1.82, 2.24) is 9.78 Å². The minimum absolute atomic E-state index is 0.189. The average Bonchev–Trinajstić information content (AvgIpc) is 2.44. The lowest BCUT2D eigenvalue weighted by Crippen LogP contribution is -2.37. The van der Waals surface area contributed by atoms with Crippen molar-refractivity contribution in [2.45, 2.75) is 40.2 Å². The lowest BCUT2D eigenvalue weighted by atomic mass is 10.0. The third-order valence-electron chi connectivity index (χ3n) is 2.60. The number of nitrogens with zero attached hydrogens (tertiary/aromatic N) is 2. The molecule has 0 saturated carbocycles. The minimum Gasteiger partial charge on any atom is -0.396 e. The van der Waals surface area contributed by atoms with Crippen LogP contribution in [0.15, 0.2) is 0 Å². The molecule has 5 nitrogen and oxygen atoms in total. The van der Waals surface area contributed by atoms with Gasteiger partial charge >= 0.3 is 0 Å². The van der Waals surface area contributed by atoms with Gasteiger partial charge in [0.05, 0.1) is 23.1 Å². The van der Waals surface area contributed by atoms with Gasteiger partial charge in [0.15, 0.2) is 0 Å². The van der Waals surface area contributed by atoms with E-state index in [4.69, 9.17) is 11.5 Å². The van der Waals surface area contributed by atoms with Crippen LogP contribution >= 0.6 is 0 Å². The van der Waals surface area contributed by atoms with Crippen molar-refractivity contribution in [3.05, 3.63) is 11.4 Å². The van der Waals surface area contributed by atoms with Crippen molar-refractivity contribution >= 4 is 11.6 Å². The molecule has 0 saturated heterocycles. The molecule has 5 heteroatoms. The molecule has 4 N–H and O–H groups in total. The van der Waals surface area contributed by atoms with E-state index in [9.17, 15) is 4.79 Å². The molecule has 1 aromatic heterocycles. The molecule has 0 aromatic carbocycles. The number of nitrogens with two attached hydrogens (primary N) is 2. The molecule has 0 aliphatic rings. The van der Waals surface area contributed by atoms with Crippen LogP contribution < -0.4 is 11.5 Å². The van der Waals surface area contributed by atoms with Crippen molar-refractivity contribution in [2.24, 2.45) is 11.7 Å². The summed E-state index contributed by atoms with van der Waals surface area (Å²) in [7, 11) is 0. The molecule has 16 heavy (non-hydrogen) atoms. The van der Waals surface area contributed by atoms with E-state index in [-0.39, 0.29) is 5.91 Å². The lowest BCUT2D eigenvalue weighted by molar-refractivity contribution is 0.0849. The molecular formula is C11H20N4O. The maximum Gasteiger partial charge on any atom is 0.264 e. The molecule has 1 heterocycles. The first kappa shape index (κ1) is 12.7. The fourth-order valence-electron chi connectivity index (χ4n) is 1.64. The number of hydrogen-bond acceptors (Lipinski definition) is 4. The highest BCUT2D eigenvalue weighted by Gasteiger charge is 2.21. The van der Waals surface area contributed by atoms with E-state index >= 15 is 0 Å². The molecule has 0 fully saturated rings. The first-order chi connectivity index (χ1) is 7.34. The quantitative estimate of drug-likeness (QED) is 0.804. The smallest absolute Gasteiger partial charge is 0.264 e. The number of anilines is 1. The molecule has 0 spiro atoms. The van der Waals surface area contributed by atoms with Crippen molar-refractivity contribution in [3.63, 3.8) is 0 Å². The second-order valence-corrected chi connectivity index (χ2v) is 4.57. The Labute approximate surface area is 95.8 Å². The van der Waals surface area contributed by atoms with Crippen molar-refractivity contribution in [3.8, 4) is 0 Å². The van der Waals surface area contributed by atoms with E-state index in [1.54, 1.807) is 13.8 Å². The van der Waals surface area contributed by atoms with Crippen molar-refractivity contribution in [1.29, 1.82) is 0 Å². The van der Waals surface area contributed by atoms with E-state index in [1.807, 2.05) is 13.8 Å². The van der Waals surface area contributed by atoms with E-state index in [0.717, 1.165) is 0 Å². The largest absolute Gasteiger partial charge is 0.396 e. The predicted molar refractivity (Wildman–Crippen MR) is 64.2 cm³/mol. The highest BCUT2D eigenvalue weighted by atomic mass is 16.2. The molecule has 0 unspecified atom stereocenters. The zero-order valence-electron chi connectivity index (χ0n) is 10.3. The van der Waals surface area contributed by atoms with Gasteiger partial charge in [0.1, 0.15) is 0 Å². The Morgan fingerprint density at radius 3 is 2.38 bits per heavy atom. The Balaban J connectivity index is 2.92. The summed E-state index contributed by atoms with van der Waals surface area (Å²) in [6.45, 7) is 7.61. The predicted octanol–water partition coefficient (Wildman–Crippen LogP) is 1.10. The third kappa shape index (κ3) is 2.41. The van der Waals surface area contributed by atoms with Crippen LogP contribution in [0.2, 0.25) is 0 Å². The van der Waals surface area contributed by atoms with Gasteiger partial charge < -0.3 is 11.5 Å². The van der Waals surface area contributed by atoms with Gasteiger partial charge in [-0.15, -0.1) is 0 Å². The second-order valence-electron chi connectivity index (χ2n) is 4.57. The zero-order valence-corrected chi connectivity index (χ0v) is 10.3. The van der Waals surface area contributed by atoms with Crippen LogP contribution in [0, 0.1) is 19.8 Å². The summed E-state index contributed by atoms with van der Waals surface area (Å²) in [6.07, 6.45) is 0.650. The average molecular weight is 224 g/mol. The van der Waals surface area contributed by atoms with E-state index in [0.29, 0.717) is 29.4 Å². The highest BCUT2D eigenvalue weighted by Crippen LogP contribution is 2.15. The molecule has 0 radical (unpaired) electrons. The number of carbonyl (C=O) groups is 1. The number of nitrogen functional groups attached to an aromatic ring is 1. The molecule has 0 aliphatic heterocycles. The second kappa shape index (κ2) is 4.65. The van der Waals surface area contributed by atoms with E-state index in [2.05, 4.69) is 5.10 Å². The molecular weight excluding hydrogens is 204 g/mol. The van der Waals surface area contributed by atoms with Gasteiger partial charge in [0.25, 0.3) is 5.91 Å². The summed E-state index contributed by atoms with van der Waals surface area (Å²) in [5.74, 6) is 0.194. The van der Waals surface area contributed by atoms with Crippen LogP contribution in [0.25, 0.3) is 0 Å². The lowest BCUT2D eigenvalue weighted by Gasteiger charge is -2.13. The monoisotopic (exact) mass is 224 g/mol. The van der Waals surface area contributed by atoms with Crippen molar-refractivity contribution < 1.29 is 4.79 Å². The third-order valence-corrected chi connectivity index (χ3v) is 2.60. The first-order valence-corrected chi connectivity index (χ1v) is 5.46. The molecule has 0 bridgehead atoms. The van der Waals surface area contributed by atoms with Gasteiger partial charge in [-0.25, -0.2) is 4.68 Å². The van der Waals surface area contributed by atoms with Gasteiger partial charge in [-0.3, -0.25) is 4.79 Å². The van der Waals surface area contributed by atoms with Crippen LogP contribution in [0.1, 0.15) is 36.5 Å². The maximum absolute atomic E-state index is 12.0. The maximum atomic E-state index is 12.0. The van der Waals surface area contributed by atoms with Crippen LogP contribution in [-0.4, -0.2) is 21.7 Å². The summed E-state index contributed by atoms with van der Waals surface area (Å²) >= 11 is 0. The Hall–Kier alpha value is -1.36. The number of carbonyl (C=O) groups excluding carboxylic acids is 1. The Kier molecular flexibility index (Phi) is 3.70. The number of hydrogen-bond donors (Lipinski definition) is 2. The van der Waals surface area contributed by atoms with Gasteiger partial charge in [0.2, 0.25) is 0 Å². The standard InChI is InChI=1S/C11H20N4O/c1-6(2)5-9(12)11(16)15-8(4)10(13)7(3)14-15/h6,9H,5,12-13H2,1-4H3/t9-/m1/s1. The summed E-state index contributed by atoms with van der Waals surface area (Å²) in [5, 5.41) is 4.10. The number of aromatic nitrogens is 2. The topological polar surface area (TPSA) is 86.9 Å². The van der Waals surface area contributed by atoms with Crippen LogP contribution in [-0.2, 0) is 0 Å². The van der Waals surface area contributed by atoms with Gasteiger partial charge in [-0.2, -0.15) is 5.10 Å². The zero-order chi connectivity index (χ0) is 12.5. The van der Waals surface area contributed by atoms with Crippen LogP contribution in [0.4, 0.5) is 5.69 Å². The number of aryl methyl sites for hydroxylation is 1. The summed E-state index contributed by atoms with van der Waals surface area (Å²) in [5.41, 5.74) is 13.5. The molecule has 0 amide bonds. The normalized spacial score (nSPS) is 13.1. The Bertz CT molecular complexity index is 395. The molecule has 1 rings (SSSR count). The van der Waals surface area contributed by atoms with Gasteiger partial charge in [-0.05, 0) is 26.2 Å². The van der Waals surface area contributed by atoms with Gasteiger partial charge in [-0.1, -0.05) is 13.8 Å². The van der Waals surface area contributed by atoms with Crippen LogP contribution in [0.3, 0.4) is 0 Å². The van der Waals surface area contributed by atoms with E-state index < -0.39 is 6.04 Å². The fourth-order valence-corrected chi connectivity index (χ4v) is 1.64. The minimum atomic E-state index is -0.516. The van der Waals surface area contributed by atoms with Gasteiger partial charge in [0, 0.05) is 0 Å². The summed E-state index contributed by atoms with van der Waals surface area (Å²) < 4.78 is 1.32. The van der Waals surface area contributed by atoms with E-state index in [1.165, 1.54) is 4.68 Å². The SMILES string of the molecule is Cc1nn(C(=O)[C@H](N)CC(C)C)c(C)c1N. The number of rotatable bonds is 3.